The van der Waals surface area contributed by atoms with Crippen LogP contribution in [0.3, 0.4) is 0 Å². The minimum atomic E-state index is -0.365. The fourth-order valence-electron chi connectivity index (χ4n) is 3.44. The zero-order valence-electron chi connectivity index (χ0n) is 15.0. The SMILES string of the molecule is CC1(C)N=C(c2ccc3ccccc3n2)c2ccc(F)cc2C1(C)C. The molecule has 0 atom stereocenters. The van der Waals surface area contributed by atoms with Crippen molar-refractivity contribution in [3.05, 3.63) is 77.2 Å². The molecule has 3 aromatic rings. The number of rotatable bonds is 1. The van der Waals surface area contributed by atoms with Gasteiger partial charge in [-0.05, 0) is 49.7 Å². The van der Waals surface area contributed by atoms with E-state index < -0.39 is 0 Å². The van der Waals surface area contributed by atoms with Crippen LogP contribution in [-0.2, 0) is 5.41 Å². The molecule has 0 radical (unpaired) electrons. The van der Waals surface area contributed by atoms with Crippen molar-refractivity contribution in [2.75, 3.05) is 0 Å². The Morgan fingerprint density at radius 1 is 0.880 bits per heavy atom. The summed E-state index contributed by atoms with van der Waals surface area (Å²) in [6.07, 6.45) is 0. The predicted molar refractivity (Wildman–Crippen MR) is 101 cm³/mol. The minimum absolute atomic E-state index is 0.213. The highest BCUT2D eigenvalue weighted by Crippen LogP contribution is 2.44. The van der Waals surface area contributed by atoms with Gasteiger partial charge in [0.25, 0.3) is 0 Å². The van der Waals surface area contributed by atoms with Gasteiger partial charge in [0.1, 0.15) is 5.82 Å². The molecule has 0 saturated carbocycles. The normalized spacial score (nSPS) is 17.9. The molecule has 0 bridgehead atoms. The summed E-state index contributed by atoms with van der Waals surface area (Å²) in [4.78, 5) is 9.86. The molecule has 0 N–H and O–H groups in total. The first-order valence-electron chi connectivity index (χ1n) is 8.56. The zero-order chi connectivity index (χ0) is 17.8. The highest BCUT2D eigenvalue weighted by atomic mass is 19.1. The van der Waals surface area contributed by atoms with E-state index in [2.05, 4.69) is 33.8 Å². The summed E-state index contributed by atoms with van der Waals surface area (Å²) in [5.74, 6) is -0.213. The molecule has 0 aliphatic carbocycles. The minimum Gasteiger partial charge on any atom is -0.275 e. The fraction of sp³-hybridized carbons (Fsp3) is 0.273. The first kappa shape index (κ1) is 15.9. The summed E-state index contributed by atoms with van der Waals surface area (Å²) in [6.45, 7) is 8.45. The largest absolute Gasteiger partial charge is 0.275 e. The van der Waals surface area contributed by atoms with Crippen molar-refractivity contribution < 1.29 is 4.39 Å². The van der Waals surface area contributed by atoms with Crippen molar-refractivity contribution in [2.45, 2.75) is 38.6 Å². The molecule has 1 aliphatic rings. The second-order valence-corrected chi connectivity index (χ2v) is 7.72. The summed E-state index contributed by atoms with van der Waals surface area (Å²) in [5.41, 5.74) is 3.92. The van der Waals surface area contributed by atoms with Gasteiger partial charge in [-0.1, -0.05) is 38.1 Å². The van der Waals surface area contributed by atoms with Gasteiger partial charge in [0.2, 0.25) is 0 Å². The zero-order valence-corrected chi connectivity index (χ0v) is 15.0. The van der Waals surface area contributed by atoms with E-state index in [0.717, 1.165) is 33.4 Å². The van der Waals surface area contributed by atoms with E-state index in [1.54, 1.807) is 6.07 Å². The Hall–Kier alpha value is -2.55. The number of aromatic nitrogens is 1. The van der Waals surface area contributed by atoms with Gasteiger partial charge in [0.05, 0.1) is 22.5 Å². The van der Waals surface area contributed by atoms with Crippen molar-refractivity contribution >= 4 is 16.6 Å². The average molecular weight is 332 g/mol. The van der Waals surface area contributed by atoms with Crippen LogP contribution in [0.25, 0.3) is 10.9 Å². The Labute approximate surface area is 147 Å². The van der Waals surface area contributed by atoms with Crippen molar-refractivity contribution in [1.29, 1.82) is 0 Å². The second-order valence-electron chi connectivity index (χ2n) is 7.72. The van der Waals surface area contributed by atoms with Crippen LogP contribution < -0.4 is 0 Å². The number of aliphatic imine (C=N–C) groups is 1. The third-order valence-corrected chi connectivity index (χ3v) is 5.67. The van der Waals surface area contributed by atoms with E-state index in [1.807, 2.05) is 36.4 Å². The van der Waals surface area contributed by atoms with E-state index in [0.29, 0.717) is 0 Å². The van der Waals surface area contributed by atoms with Gasteiger partial charge in [0, 0.05) is 16.4 Å². The molecular weight excluding hydrogens is 311 g/mol. The number of para-hydroxylation sites is 1. The number of hydrogen-bond donors (Lipinski definition) is 0. The quantitative estimate of drug-likeness (QED) is 0.595. The number of nitrogens with zero attached hydrogens (tertiary/aromatic N) is 2. The predicted octanol–water partition coefficient (Wildman–Crippen LogP) is 5.28. The topological polar surface area (TPSA) is 25.2 Å². The van der Waals surface area contributed by atoms with Crippen molar-refractivity contribution in [2.24, 2.45) is 4.99 Å². The molecule has 4 rings (SSSR count). The molecule has 1 aromatic heterocycles. The third kappa shape index (κ3) is 2.38. The number of hydrogen-bond acceptors (Lipinski definition) is 2. The smallest absolute Gasteiger partial charge is 0.123 e. The molecule has 2 aromatic carbocycles. The van der Waals surface area contributed by atoms with Gasteiger partial charge < -0.3 is 0 Å². The monoisotopic (exact) mass is 332 g/mol. The van der Waals surface area contributed by atoms with Crippen molar-refractivity contribution in [1.82, 2.24) is 4.98 Å². The first-order chi connectivity index (χ1) is 11.8. The lowest BCUT2D eigenvalue weighted by atomic mass is 9.66. The maximum absolute atomic E-state index is 14.0. The van der Waals surface area contributed by atoms with Crippen LogP contribution >= 0.6 is 0 Å². The molecule has 2 nitrogen and oxygen atoms in total. The number of fused-ring (bicyclic) bond motifs is 2. The molecule has 0 amide bonds. The van der Waals surface area contributed by atoms with E-state index in [9.17, 15) is 4.39 Å². The molecule has 0 spiro atoms. The van der Waals surface area contributed by atoms with Gasteiger partial charge in [0.15, 0.2) is 0 Å². The second kappa shape index (κ2) is 5.22. The number of halogens is 1. The summed E-state index contributed by atoms with van der Waals surface area (Å²) in [5, 5.41) is 1.10. The Bertz CT molecular complexity index is 1020. The molecule has 0 fully saturated rings. The summed E-state index contributed by atoms with van der Waals surface area (Å²) in [6, 6.07) is 17.1. The Morgan fingerprint density at radius 2 is 1.64 bits per heavy atom. The summed E-state index contributed by atoms with van der Waals surface area (Å²) < 4.78 is 14.0. The van der Waals surface area contributed by atoms with Crippen LogP contribution in [0.2, 0.25) is 0 Å². The Kier molecular flexibility index (Phi) is 3.33. The van der Waals surface area contributed by atoms with E-state index in [4.69, 9.17) is 9.98 Å². The van der Waals surface area contributed by atoms with Gasteiger partial charge in [-0.3, -0.25) is 4.99 Å². The average Bonchev–Trinajstić information content (AvgIpc) is 2.58. The van der Waals surface area contributed by atoms with E-state index >= 15 is 0 Å². The molecular formula is C22H21FN2. The third-order valence-electron chi connectivity index (χ3n) is 5.67. The maximum Gasteiger partial charge on any atom is 0.123 e. The summed E-state index contributed by atoms with van der Waals surface area (Å²) in [7, 11) is 0. The molecule has 1 aliphatic heterocycles. The Morgan fingerprint density at radius 3 is 2.44 bits per heavy atom. The fourth-order valence-corrected chi connectivity index (χ4v) is 3.44. The lowest BCUT2D eigenvalue weighted by molar-refractivity contribution is 0.302. The molecule has 3 heteroatoms. The molecule has 0 saturated heterocycles. The summed E-state index contributed by atoms with van der Waals surface area (Å²) >= 11 is 0. The van der Waals surface area contributed by atoms with Crippen LogP contribution in [-0.4, -0.2) is 16.2 Å². The highest BCUT2D eigenvalue weighted by Gasteiger charge is 2.44. The highest BCUT2D eigenvalue weighted by molar-refractivity contribution is 6.14. The van der Waals surface area contributed by atoms with Gasteiger partial charge in [-0.2, -0.15) is 0 Å². The van der Waals surface area contributed by atoms with Gasteiger partial charge in [-0.25, -0.2) is 9.37 Å². The van der Waals surface area contributed by atoms with Gasteiger partial charge in [-0.15, -0.1) is 0 Å². The molecule has 0 unspecified atom stereocenters. The maximum atomic E-state index is 14.0. The lowest BCUT2D eigenvalue weighted by Gasteiger charge is -2.44. The first-order valence-corrected chi connectivity index (χ1v) is 8.56. The number of pyridine rings is 1. The van der Waals surface area contributed by atoms with E-state index in [-0.39, 0.29) is 16.8 Å². The van der Waals surface area contributed by atoms with Crippen LogP contribution in [0, 0.1) is 5.82 Å². The number of benzene rings is 2. The Balaban J connectivity index is 1.98. The van der Waals surface area contributed by atoms with Gasteiger partial charge >= 0.3 is 0 Å². The van der Waals surface area contributed by atoms with Crippen LogP contribution in [0.5, 0.6) is 0 Å². The van der Waals surface area contributed by atoms with Crippen LogP contribution in [0.15, 0.2) is 59.6 Å². The van der Waals surface area contributed by atoms with Crippen LogP contribution in [0.4, 0.5) is 4.39 Å². The lowest BCUT2D eigenvalue weighted by Crippen LogP contribution is -2.46. The van der Waals surface area contributed by atoms with Crippen LogP contribution in [0.1, 0.15) is 44.5 Å². The van der Waals surface area contributed by atoms with Crippen molar-refractivity contribution in [3.63, 3.8) is 0 Å². The molecule has 126 valence electrons. The molecule has 25 heavy (non-hydrogen) atoms. The van der Waals surface area contributed by atoms with E-state index in [1.165, 1.54) is 6.07 Å². The molecule has 2 heterocycles. The standard InChI is InChI=1S/C22H21FN2/c1-21(2)17-13-15(23)10-11-16(17)20(25-22(21,3)4)19-12-9-14-7-5-6-8-18(14)24-19/h5-13H,1-4H3. The van der Waals surface area contributed by atoms with Crippen molar-refractivity contribution in [3.8, 4) is 0 Å².